The van der Waals surface area contributed by atoms with Crippen molar-refractivity contribution in [3.05, 3.63) is 17.5 Å². The number of rotatable bonds is 4. The molecule has 4 heteroatoms. The number of hydrogen-bond acceptors (Lipinski definition) is 4. The Morgan fingerprint density at radius 3 is 2.82 bits per heavy atom. The van der Waals surface area contributed by atoms with Gasteiger partial charge in [-0.25, -0.2) is 0 Å². The highest BCUT2D eigenvalue weighted by Crippen LogP contribution is 2.34. The van der Waals surface area contributed by atoms with E-state index in [1.807, 2.05) is 0 Å². The molecule has 1 aromatic heterocycles. The molecule has 0 N–H and O–H groups in total. The van der Waals surface area contributed by atoms with Gasteiger partial charge in [-0.15, -0.1) is 11.3 Å². The minimum Gasteiger partial charge on any atom is -0.352 e. The molecule has 17 heavy (non-hydrogen) atoms. The average Bonchev–Trinajstić information content (AvgIpc) is 2.91. The van der Waals surface area contributed by atoms with Gasteiger partial charge in [0, 0.05) is 12.6 Å². The minimum absolute atomic E-state index is 0.537. The number of anilines is 1. The second-order valence-corrected chi connectivity index (χ2v) is 5.90. The zero-order chi connectivity index (χ0) is 11.7. The smallest absolute Gasteiger partial charge is 0.139 e. The molecule has 3 saturated heterocycles. The standard InChI is InChI=1S/C13H18N2OS/c16-8-7-15(13-2-1-9-17-13)12-10-14-5-3-11(12)4-6-14/h1-2,8-9,11-12H,3-7,10H2/t12-/m0/s1. The van der Waals surface area contributed by atoms with Crippen LogP contribution in [-0.4, -0.2) is 43.4 Å². The number of fused-ring (bicyclic) bond motifs is 3. The number of piperidine rings is 3. The van der Waals surface area contributed by atoms with Crippen molar-refractivity contribution in [3.8, 4) is 0 Å². The van der Waals surface area contributed by atoms with E-state index in [2.05, 4.69) is 27.3 Å². The maximum absolute atomic E-state index is 10.9. The fraction of sp³-hybridized carbons (Fsp3) is 0.615. The third-order valence-electron chi connectivity index (χ3n) is 4.08. The van der Waals surface area contributed by atoms with Gasteiger partial charge in [-0.05, 0) is 49.4 Å². The molecule has 3 aliphatic heterocycles. The molecule has 4 heterocycles. The molecular weight excluding hydrogens is 232 g/mol. The van der Waals surface area contributed by atoms with Crippen LogP contribution in [-0.2, 0) is 4.79 Å². The van der Waals surface area contributed by atoms with E-state index in [4.69, 9.17) is 0 Å². The lowest BCUT2D eigenvalue weighted by molar-refractivity contribution is -0.107. The molecule has 1 atom stereocenters. The zero-order valence-corrected chi connectivity index (χ0v) is 10.7. The van der Waals surface area contributed by atoms with Crippen LogP contribution in [0.15, 0.2) is 17.5 Å². The summed E-state index contributed by atoms with van der Waals surface area (Å²) in [4.78, 5) is 15.8. The molecule has 92 valence electrons. The van der Waals surface area contributed by atoms with Crippen LogP contribution >= 0.6 is 11.3 Å². The summed E-state index contributed by atoms with van der Waals surface area (Å²) in [6, 6.07) is 4.74. The molecule has 0 aliphatic carbocycles. The molecule has 0 aromatic carbocycles. The van der Waals surface area contributed by atoms with Crippen molar-refractivity contribution >= 4 is 22.6 Å². The third kappa shape index (κ3) is 2.11. The zero-order valence-electron chi connectivity index (χ0n) is 9.92. The molecule has 0 amide bonds. The lowest BCUT2D eigenvalue weighted by Crippen LogP contribution is -2.57. The van der Waals surface area contributed by atoms with Gasteiger partial charge in [0.2, 0.25) is 0 Å². The van der Waals surface area contributed by atoms with Gasteiger partial charge in [-0.3, -0.25) is 0 Å². The maximum Gasteiger partial charge on any atom is 0.139 e. The Kier molecular flexibility index (Phi) is 3.16. The summed E-state index contributed by atoms with van der Waals surface area (Å²) in [5.41, 5.74) is 0. The van der Waals surface area contributed by atoms with Gasteiger partial charge >= 0.3 is 0 Å². The van der Waals surface area contributed by atoms with Crippen molar-refractivity contribution in [2.45, 2.75) is 18.9 Å². The predicted octanol–water partition coefficient (Wildman–Crippen LogP) is 1.85. The van der Waals surface area contributed by atoms with Crippen molar-refractivity contribution in [3.63, 3.8) is 0 Å². The monoisotopic (exact) mass is 250 g/mol. The number of aldehydes is 1. The van der Waals surface area contributed by atoms with E-state index in [0.29, 0.717) is 12.6 Å². The lowest BCUT2D eigenvalue weighted by Gasteiger charge is -2.49. The Balaban J connectivity index is 1.81. The van der Waals surface area contributed by atoms with E-state index >= 15 is 0 Å². The number of nitrogens with zero attached hydrogens (tertiary/aromatic N) is 2. The quantitative estimate of drug-likeness (QED) is 0.762. The second kappa shape index (κ2) is 4.78. The largest absolute Gasteiger partial charge is 0.352 e. The predicted molar refractivity (Wildman–Crippen MR) is 70.7 cm³/mol. The number of carbonyl (C=O) groups excluding carboxylic acids is 1. The summed E-state index contributed by atoms with van der Waals surface area (Å²) >= 11 is 1.74. The molecule has 0 saturated carbocycles. The first-order valence-electron chi connectivity index (χ1n) is 6.34. The van der Waals surface area contributed by atoms with E-state index in [9.17, 15) is 4.79 Å². The van der Waals surface area contributed by atoms with Crippen molar-refractivity contribution in [1.29, 1.82) is 0 Å². The van der Waals surface area contributed by atoms with E-state index in [0.717, 1.165) is 18.7 Å². The van der Waals surface area contributed by atoms with Crippen molar-refractivity contribution in [1.82, 2.24) is 4.90 Å². The summed E-state index contributed by atoms with van der Waals surface area (Å²) in [6.07, 6.45) is 3.63. The van der Waals surface area contributed by atoms with Crippen LogP contribution in [0.4, 0.5) is 5.00 Å². The molecule has 0 spiro atoms. The second-order valence-electron chi connectivity index (χ2n) is 4.98. The van der Waals surface area contributed by atoms with E-state index in [1.165, 1.54) is 30.9 Å². The van der Waals surface area contributed by atoms with Crippen LogP contribution in [0.25, 0.3) is 0 Å². The molecule has 3 aliphatic rings. The van der Waals surface area contributed by atoms with Crippen LogP contribution < -0.4 is 4.90 Å². The number of hydrogen-bond donors (Lipinski definition) is 0. The highest BCUT2D eigenvalue weighted by atomic mass is 32.1. The number of thiophene rings is 1. The molecule has 3 nitrogen and oxygen atoms in total. The Morgan fingerprint density at radius 1 is 1.47 bits per heavy atom. The maximum atomic E-state index is 10.9. The summed E-state index contributed by atoms with van der Waals surface area (Å²) in [6.45, 7) is 4.17. The van der Waals surface area contributed by atoms with Crippen LogP contribution in [0.5, 0.6) is 0 Å². The van der Waals surface area contributed by atoms with Crippen molar-refractivity contribution in [2.75, 3.05) is 31.1 Å². The first kappa shape index (κ1) is 11.2. The first-order chi connectivity index (χ1) is 8.38. The minimum atomic E-state index is 0.537. The molecule has 4 rings (SSSR count). The van der Waals surface area contributed by atoms with Crippen LogP contribution in [0.3, 0.4) is 0 Å². The fourth-order valence-corrected chi connectivity index (χ4v) is 3.99. The fourth-order valence-electron chi connectivity index (χ4n) is 3.19. The van der Waals surface area contributed by atoms with Gasteiger partial charge in [0.25, 0.3) is 0 Å². The van der Waals surface area contributed by atoms with E-state index in [-0.39, 0.29) is 0 Å². The van der Waals surface area contributed by atoms with Crippen LogP contribution in [0.1, 0.15) is 12.8 Å². The highest BCUT2D eigenvalue weighted by Gasteiger charge is 2.37. The summed E-state index contributed by atoms with van der Waals surface area (Å²) in [5.74, 6) is 0.780. The van der Waals surface area contributed by atoms with Crippen LogP contribution in [0, 0.1) is 5.92 Å². The average molecular weight is 250 g/mol. The Bertz CT molecular complexity index is 371. The molecule has 0 unspecified atom stereocenters. The summed E-state index contributed by atoms with van der Waals surface area (Å²) in [5, 5.41) is 3.34. The lowest BCUT2D eigenvalue weighted by atomic mass is 9.83. The molecular formula is C13H18N2OS. The summed E-state index contributed by atoms with van der Waals surface area (Å²) in [7, 11) is 0. The molecule has 1 aromatic rings. The Labute approximate surface area is 106 Å². The van der Waals surface area contributed by atoms with Gasteiger partial charge < -0.3 is 14.6 Å². The van der Waals surface area contributed by atoms with E-state index < -0.39 is 0 Å². The first-order valence-corrected chi connectivity index (χ1v) is 7.22. The SMILES string of the molecule is O=CCN(c1cccs1)[C@H]1CN2CCC1CC2. The normalized spacial score (nSPS) is 31.4. The van der Waals surface area contributed by atoms with Gasteiger partial charge in [-0.2, -0.15) is 0 Å². The van der Waals surface area contributed by atoms with Gasteiger partial charge in [-0.1, -0.05) is 0 Å². The van der Waals surface area contributed by atoms with Gasteiger partial charge in [0.05, 0.1) is 11.5 Å². The van der Waals surface area contributed by atoms with Crippen molar-refractivity contribution in [2.24, 2.45) is 5.92 Å². The topological polar surface area (TPSA) is 23.6 Å². The molecule has 2 bridgehead atoms. The Hall–Kier alpha value is -0.870. The third-order valence-corrected chi connectivity index (χ3v) is 4.99. The van der Waals surface area contributed by atoms with Gasteiger partial charge in [0.1, 0.15) is 6.29 Å². The number of carbonyl (C=O) groups is 1. The van der Waals surface area contributed by atoms with Gasteiger partial charge in [0.15, 0.2) is 0 Å². The Morgan fingerprint density at radius 2 is 2.29 bits per heavy atom. The summed E-state index contributed by atoms with van der Waals surface area (Å²) < 4.78 is 0. The van der Waals surface area contributed by atoms with E-state index in [1.54, 1.807) is 11.3 Å². The van der Waals surface area contributed by atoms with Crippen LogP contribution in [0.2, 0.25) is 0 Å². The molecule has 3 fully saturated rings. The molecule has 0 radical (unpaired) electrons. The highest BCUT2D eigenvalue weighted by molar-refractivity contribution is 7.14. The van der Waals surface area contributed by atoms with Crippen molar-refractivity contribution < 1.29 is 4.79 Å².